The minimum atomic E-state index is 0.0136. The zero-order valence-corrected chi connectivity index (χ0v) is 13.0. The van der Waals surface area contributed by atoms with Crippen LogP contribution in [-0.2, 0) is 6.54 Å². The summed E-state index contributed by atoms with van der Waals surface area (Å²) in [5, 5.41) is 7.74. The van der Waals surface area contributed by atoms with E-state index in [9.17, 15) is 0 Å². The highest BCUT2D eigenvalue weighted by Gasteiger charge is 2.12. The molecule has 2 N–H and O–H groups in total. The Morgan fingerprint density at radius 3 is 2.44 bits per heavy atom. The fourth-order valence-corrected chi connectivity index (χ4v) is 2.39. The summed E-state index contributed by atoms with van der Waals surface area (Å²) >= 11 is 1.72. The number of guanidine groups is 1. The fourth-order valence-electron chi connectivity index (χ4n) is 1.53. The maximum atomic E-state index is 4.61. The van der Waals surface area contributed by atoms with E-state index in [1.54, 1.807) is 11.3 Å². The molecule has 1 rings (SSSR count). The third-order valence-electron chi connectivity index (χ3n) is 2.22. The van der Waals surface area contributed by atoms with Crippen LogP contribution in [0.3, 0.4) is 0 Å². The molecule has 0 amide bonds. The predicted octanol–water partition coefficient (Wildman–Crippen LogP) is 2.61. The Morgan fingerprint density at radius 1 is 1.33 bits per heavy atom. The van der Waals surface area contributed by atoms with Gasteiger partial charge in [0.1, 0.15) is 0 Å². The molecule has 0 aliphatic carbocycles. The minimum absolute atomic E-state index is 0.0136. The van der Waals surface area contributed by atoms with Gasteiger partial charge in [0.05, 0.1) is 17.2 Å². The molecule has 1 heterocycles. The van der Waals surface area contributed by atoms with Gasteiger partial charge in [-0.15, -0.1) is 11.3 Å². The highest BCUT2D eigenvalue weighted by Crippen LogP contribution is 2.17. The summed E-state index contributed by atoms with van der Waals surface area (Å²) in [6, 6.07) is 0. The molecule has 0 radical (unpaired) electrons. The average molecular weight is 268 g/mol. The second kappa shape index (κ2) is 6.18. The van der Waals surface area contributed by atoms with Crippen molar-refractivity contribution < 1.29 is 0 Å². The first kappa shape index (κ1) is 15.0. The summed E-state index contributed by atoms with van der Waals surface area (Å²) in [4.78, 5) is 10.3. The van der Waals surface area contributed by atoms with Gasteiger partial charge < -0.3 is 10.6 Å². The molecule has 0 aliphatic rings. The van der Waals surface area contributed by atoms with Gasteiger partial charge in [-0.25, -0.2) is 9.98 Å². The van der Waals surface area contributed by atoms with Crippen LogP contribution in [0.15, 0.2) is 4.99 Å². The summed E-state index contributed by atoms with van der Waals surface area (Å²) in [6.45, 7) is 14.1. The first-order chi connectivity index (χ1) is 8.31. The monoisotopic (exact) mass is 268 g/mol. The van der Waals surface area contributed by atoms with E-state index < -0.39 is 0 Å². The maximum absolute atomic E-state index is 4.61. The van der Waals surface area contributed by atoms with Crippen LogP contribution in [0.2, 0.25) is 0 Å². The van der Waals surface area contributed by atoms with E-state index in [2.05, 4.69) is 48.3 Å². The van der Waals surface area contributed by atoms with Crippen LogP contribution in [-0.4, -0.2) is 23.0 Å². The Morgan fingerprint density at radius 2 is 2.00 bits per heavy atom. The summed E-state index contributed by atoms with van der Waals surface area (Å²) in [5.74, 6) is 0.857. The Balaban J connectivity index is 2.74. The van der Waals surface area contributed by atoms with Gasteiger partial charge in [-0.3, -0.25) is 0 Å². The number of hydrogen-bond acceptors (Lipinski definition) is 3. The maximum Gasteiger partial charge on any atom is 0.192 e. The number of aliphatic imine (C=N–C) groups is 1. The van der Waals surface area contributed by atoms with Gasteiger partial charge in [-0.1, -0.05) is 0 Å². The van der Waals surface area contributed by atoms with E-state index in [0.717, 1.165) is 23.2 Å². The van der Waals surface area contributed by atoms with Crippen molar-refractivity contribution >= 4 is 17.3 Å². The highest BCUT2D eigenvalue weighted by molar-refractivity contribution is 7.11. The van der Waals surface area contributed by atoms with E-state index in [0.29, 0.717) is 6.54 Å². The molecule has 102 valence electrons. The van der Waals surface area contributed by atoms with Crippen LogP contribution in [0.1, 0.15) is 43.3 Å². The van der Waals surface area contributed by atoms with Crippen molar-refractivity contribution in [2.24, 2.45) is 4.99 Å². The first-order valence-electron chi connectivity index (χ1n) is 6.31. The van der Waals surface area contributed by atoms with Crippen LogP contribution in [0.5, 0.6) is 0 Å². The normalized spacial score (nSPS) is 12.7. The topological polar surface area (TPSA) is 49.3 Å². The molecule has 4 nitrogen and oxygen atoms in total. The van der Waals surface area contributed by atoms with Gasteiger partial charge >= 0.3 is 0 Å². The molecule has 0 atom stereocenters. The molecule has 0 aliphatic heterocycles. The summed E-state index contributed by atoms with van der Waals surface area (Å²) < 4.78 is 0. The molecule has 0 unspecified atom stereocenters. The van der Waals surface area contributed by atoms with Crippen molar-refractivity contribution in [3.63, 3.8) is 0 Å². The number of nitrogens with one attached hydrogen (secondary N) is 2. The molecular weight excluding hydrogens is 244 g/mol. The molecule has 0 bridgehead atoms. The Hall–Kier alpha value is -1.10. The van der Waals surface area contributed by atoms with E-state index in [1.165, 1.54) is 4.88 Å². The standard InChI is InChI=1S/C13H24N4S/c1-7-14-12(17-13(4,5)6)15-8-11-9(2)16-10(3)18-11/h7-8H2,1-6H3,(H2,14,15,17). The van der Waals surface area contributed by atoms with Crippen molar-refractivity contribution in [1.82, 2.24) is 15.6 Å². The molecule has 1 aromatic rings. The molecule has 0 aromatic carbocycles. The molecular formula is C13H24N4S. The van der Waals surface area contributed by atoms with E-state index in [-0.39, 0.29) is 5.54 Å². The SMILES string of the molecule is CCNC(=NCc1sc(C)nc1C)NC(C)(C)C. The zero-order chi connectivity index (χ0) is 13.8. The van der Waals surface area contributed by atoms with E-state index in [1.807, 2.05) is 13.8 Å². The molecule has 1 aromatic heterocycles. The number of nitrogens with zero attached hydrogens (tertiary/aromatic N) is 2. The van der Waals surface area contributed by atoms with Gasteiger partial charge in [-0.05, 0) is 41.5 Å². The summed E-state index contributed by atoms with van der Waals surface area (Å²) in [5.41, 5.74) is 1.10. The number of hydrogen-bond donors (Lipinski definition) is 2. The average Bonchev–Trinajstić information content (AvgIpc) is 2.52. The third-order valence-corrected chi connectivity index (χ3v) is 3.28. The van der Waals surface area contributed by atoms with Gasteiger partial charge in [0.2, 0.25) is 0 Å². The number of rotatable bonds is 3. The molecule has 0 spiro atoms. The van der Waals surface area contributed by atoms with Crippen molar-refractivity contribution in [3.8, 4) is 0 Å². The highest BCUT2D eigenvalue weighted by atomic mass is 32.1. The molecule has 5 heteroatoms. The van der Waals surface area contributed by atoms with Gasteiger partial charge in [-0.2, -0.15) is 0 Å². The largest absolute Gasteiger partial charge is 0.357 e. The molecule has 0 fully saturated rings. The van der Waals surface area contributed by atoms with Crippen LogP contribution < -0.4 is 10.6 Å². The van der Waals surface area contributed by atoms with Crippen LogP contribution >= 0.6 is 11.3 Å². The third kappa shape index (κ3) is 5.04. The predicted molar refractivity (Wildman–Crippen MR) is 79.3 cm³/mol. The van der Waals surface area contributed by atoms with Gasteiger partial charge in [0.25, 0.3) is 0 Å². The molecule has 18 heavy (non-hydrogen) atoms. The number of thiazole rings is 1. The molecule has 0 saturated heterocycles. The quantitative estimate of drug-likeness (QED) is 0.654. The summed E-state index contributed by atoms with van der Waals surface area (Å²) in [7, 11) is 0. The lowest BCUT2D eigenvalue weighted by Gasteiger charge is -2.23. The lowest BCUT2D eigenvalue weighted by atomic mass is 10.1. The first-order valence-corrected chi connectivity index (χ1v) is 7.13. The summed E-state index contributed by atoms with van der Waals surface area (Å²) in [6.07, 6.45) is 0. The van der Waals surface area contributed by atoms with E-state index >= 15 is 0 Å². The van der Waals surface area contributed by atoms with Gasteiger partial charge in [0, 0.05) is 17.0 Å². The fraction of sp³-hybridized carbons (Fsp3) is 0.692. The van der Waals surface area contributed by atoms with Crippen molar-refractivity contribution in [1.29, 1.82) is 0 Å². The second-order valence-electron chi connectivity index (χ2n) is 5.31. The Kier molecular flexibility index (Phi) is 5.14. The number of aryl methyl sites for hydroxylation is 2. The van der Waals surface area contributed by atoms with Gasteiger partial charge in [0.15, 0.2) is 5.96 Å². The van der Waals surface area contributed by atoms with Crippen molar-refractivity contribution in [3.05, 3.63) is 15.6 Å². The smallest absolute Gasteiger partial charge is 0.192 e. The Bertz CT molecular complexity index is 415. The van der Waals surface area contributed by atoms with Crippen molar-refractivity contribution in [2.45, 2.75) is 53.6 Å². The van der Waals surface area contributed by atoms with Crippen LogP contribution in [0, 0.1) is 13.8 Å². The number of aromatic nitrogens is 1. The molecule has 0 saturated carbocycles. The Labute approximate surface area is 114 Å². The van der Waals surface area contributed by atoms with Crippen LogP contribution in [0.4, 0.5) is 0 Å². The lowest BCUT2D eigenvalue weighted by Crippen LogP contribution is -2.47. The lowest BCUT2D eigenvalue weighted by molar-refractivity contribution is 0.501. The van der Waals surface area contributed by atoms with Crippen LogP contribution in [0.25, 0.3) is 0 Å². The zero-order valence-electron chi connectivity index (χ0n) is 12.2. The minimum Gasteiger partial charge on any atom is -0.357 e. The second-order valence-corrected chi connectivity index (χ2v) is 6.60. The van der Waals surface area contributed by atoms with Crippen molar-refractivity contribution in [2.75, 3.05) is 6.54 Å². The van der Waals surface area contributed by atoms with E-state index in [4.69, 9.17) is 0 Å².